The zero-order chi connectivity index (χ0) is 14.8. The number of hydrogen-bond acceptors (Lipinski definition) is 1. The standard InChI is InChI=1S/C17H11BrClFO/c18-12-6-5-11(16(20)9-12)10-21-17-8-7-15(19)13-3-1-2-4-14(13)17/h1-9H,10H2. The van der Waals surface area contributed by atoms with E-state index < -0.39 is 0 Å². The molecular formula is C17H11BrClFO. The summed E-state index contributed by atoms with van der Waals surface area (Å²) >= 11 is 9.41. The van der Waals surface area contributed by atoms with Gasteiger partial charge in [0.2, 0.25) is 0 Å². The molecule has 0 unspecified atom stereocenters. The number of fused-ring (bicyclic) bond motifs is 1. The third-order valence-electron chi connectivity index (χ3n) is 3.23. The minimum absolute atomic E-state index is 0.171. The summed E-state index contributed by atoms with van der Waals surface area (Å²) in [7, 11) is 0. The molecule has 0 aliphatic heterocycles. The van der Waals surface area contributed by atoms with Gasteiger partial charge < -0.3 is 4.74 Å². The number of hydrogen-bond donors (Lipinski definition) is 0. The van der Waals surface area contributed by atoms with Crippen molar-refractivity contribution in [3.8, 4) is 5.75 Å². The summed E-state index contributed by atoms with van der Waals surface area (Å²) in [5, 5.41) is 2.52. The second-order valence-corrected chi connectivity index (χ2v) is 5.94. The largest absolute Gasteiger partial charge is 0.488 e. The SMILES string of the molecule is Fc1cc(Br)ccc1COc1ccc(Cl)c2ccccc12. The molecule has 0 saturated carbocycles. The van der Waals surface area contributed by atoms with Gasteiger partial charge in [0.05, 0.1) is 0 Å². The van der Waals surface area contributed by atoms with E-state index in [9.17, 15) is 4.39 Å². The fourth-order valence-electron chi connectivity index (χ4n) is 2.15. The molecule has 4 heteroatoms. The van der Waals surface area contributed by atoms with Crippen molar-refractivity contribution in [1.29, 1.82) is 0 Å². The van der Waals surface area contributed by atoms with Crippen LogP contribution in [0.4, 0.5) is 4.39 Å². The molecule has 21 heavy (non-hydrogen) atoms. The molecule has 0 saturated heterocycles. The maximum atomic E-state index is 13.8. The van der Waals surface area contributed by atoms with Gasteiger partial charge in [-0.3, -0.25) is 0 Å². The van der Waals surface area contributed by atoms with Crippen LogP contribution in [0, 0.1) is 5.82 Å². The van der Waals surface area contributed by atoms with Crippen molar-refractivity contribution >= 4 is 38.3 Å². The Kier molecular flexibility index (Phi) is 4.13. The fraction of sp³-hybridized carbons (Fsp3) is 0.0588. The van der Waals surface area contributed by atoms with Crippen LogP contribution in [0.3, 0.4) is 0 Å². The molecule has 3 rings (SSSR count). The van der Waals surface area contributed by atoms with Crippen LogP contribution >= 0.6 is 27.5 Å². The van der Waals surface area contributed by atoms with Crippen LogP contribution in [0.5, 0.6) is 5.75 Å². The maximum Gasteiger partial charge on any atom is 0.130 e. The lowest BCUT2D eigenvalue weighted by Gasteiger charge is -2.11. The topological polar surface area (TPSA) is 9.23 Å². The highest BCUT2D eigenvalue weighted by Crippen LogP contribution is 2.31. The molecule has 0 heterocycles. The van der Waals surface area contributed by atoms with Crippen LogP contribution in [0.1, 0.15) is 5.56 Å². The summed E-state index contributed by atoms with van der Waals surface area (Å²) in [4.78, 5) is 0. The Hall–Kier alpha value is -1.58. The van der Waals surface area contributed by atoms with Crippen molar-refractivity contribution in [3.05, 3.63) is 75.5 Å². The molecule has 0 aliphatic carbocycles. The molecule has 0 bridgehead atoms. The van der Waals surface area contributed by atoms with E-state index in [0.717, 1.165) is 10.8 Å². The second kappa shape index (κ2) is 6.04. The van der Waals surface area contributed by atoms with E-state index in [4.69, 9.17) is 16.3 Å². The molecule has 1 nitrogen and oxygen atoms in total. The monoisotopic (exact) mass is 364 g/mol. The van der Waals surface area contributed by atoms with Gasteiger partial charge in [0, 0.05) is 25.8 Å². The number of halogens is 3. The van der Waals surface area contributed by atoms with E-state index in [1.54, 1.807) is 24.3 Å². The molecule has 0 aromatic heterocycles. The van der Waals surface area contributed by atoms with Gasteiger partial charge in [0.15, 0.2) is 0 Å². The van der Waals surface area contributed by atoms with Gasteiger partial charge >= 0.3 is 0 Å². The lowest BCUT2D eigenvalue weighted by molar-refractivity contribution is 0.303. The molecule has 0 atom stereocenters. The van der Waals surface area contributed by atoms with Crippen molar-refractivity contribution in [2.24, 2.45) is 0 Å². The molecule has 0 N–H and O–H groups in total. The molecule has 0 radical (unpaired) electrons. The summed E-state index contributed by atoms with van der Waals surface area (Å²) in [6.45, 7) is 0.171. The normalized spacial score (nSPS) is 10.8. The first-order valence-corrected chi connectivity index (χ1v) is 7.56. The van der Waals surface area contributed by atoms with Gasteiger partial charge in [-0.15, -0.1) is 0 Å². The third kappa shape index (κ3) is 3.04. The molecular weight excluding hydrogens is 355 g/mol. The fourth-order valence-corrected chi connectivity index (χ4v) is 2.72. The van der Waals surface area contributed by atoms with Crippen molar-refractivity contribution in [2.45, 2.75) is 6.61 Å². The number of ether oxygens (including phenoxy) is 1. The molecule has 3 aromatic carbocycles. The van der Waals surface area contributed by atoms with Crippen LogP contribution in [0.25, 0.3) is 10.8 Å². The maximum absolute atomic E-state index is 13.8. The quantitative estimate of drug-likeness (QED) is 0.555. The molecule has 0 spiro atoms. The van der Waals surface area contributed by atoms with Crippen molar-refractivity contribution in [2.75, 3.05) is 0 Å². The Labute approximate surface area is 135 Å². The zero-order valence-electron chi connectivity index (χ0n) is 10.9. The van der Waals surface area contributed by atoms with E-state index in [-0.39, 0.29) is 12.4 Å². The number of benzene rings is 3. The third-order valence-corrected chi connectivity index (χ3v) is 4.05. The van der Waals surface area contributed by atoms with E-state index in [0.29, 0.717) is 20.8 Å². The minimum atomic E-state index is -0.289. The first-order chi connectivity index (χ1) is 10.1. The van der Waals surface area contributed by atoms with Gasteiger partial charge in [-0.2, -0.15) is 0 Å². The summed E-state index contributed by atoms with van der Waals surface area (Å²) in [6.07, 6.45) is 0. The first-order valence-electron chi connectivity index (χ1n) is 6.39. The Morgan fingerprint density at radius 1 is 1.00 bits per heavy atom. The Bertz CT molecular complexity index is 804. The Balaban J connectivity index is 1.90. The van der Waals surface area contributed by atoms with Crippen LogP contribution in [0.15, 0.2) is 59.1 Å². The van der Waals surface area contributed by atoms with Crippen LogP contribution in [-0.2, 0) is 6.61 Å². The highest BCUT2D eigenvalue weighted by atomic mass is 79.9. The minimum Gasteiger partial charge on any atom is -0.488 e. The van der Waals surface area contributed by atoms with Crippen molar-refractivity contribution < 1.29 is 9.13 Å². The average Bonchev–Trinajstić information content (AvgIpc) is 2.48. The Morgan fingerprint density at radius 2 is 1.76 bits per heavy atom. The van der Waals surface area contributed by atoms with Crippen molar-refractivity contribution in [1.82, 2.24) is 0 Å². The van der Waals surface area contributed by atoms with Gasteiger partial charge in [0.25, 0.3) is 0 Å². The molecule has 0 aliphatic rings. The van der Waals surface area contributed by atoms with Crippen LogP contribution in [0.2, 0.25) is 5.02 Å². The molecule has 0 amide bonds. The van der Waals surface area contributed by atoms with Gasteiger partial charge in [-0.1, -0.05) is 57.9 Å². The van der Waals surface area contributed by atoms with E-state index in [1.807, 2.05) is 24.3 Å². The van der Waals surface area contributed by atoms with E-state index >= 15 is 0 Å². The second-order valence-electron chi connectivity index (χ2n) is 4.62. The van der Waals surface area contributed by atoms with Crippen LogP contribution in [-0.4, -0.2) is 0 Å². The van der Waals surface area contributed by atoms with E-state index in [2.05, 4.69) is 15.9 Å². The smallest absolute Gasteiger partial charge is 0.130 e. The lowest BCUT2D eigenvalue weighted by Crippen LogP contribution is -1.99. The first kappa shape index (κ1) is 14.4. The van der Waals surface area contributed by atoms with Gasteiger partial charge in [-0.05, 0) is 24.3 Å². The van der Waals surface area contributed by atoms with E-state index in [1.165, 1.54) is 6.07 Å². The summed E-state index contributed by atoms with van der Waals surface area (Å²) in [6, 6.07) is 16.2. The number of rotatable bonds is 3. The van der Waals surface area contributed by atoms with Gasteiger partial charge in [0.1, 0.15) is 18.2 Å². The van der Waals surface area contributed by atoms with Crippen LogP contribution < -0.4 is 4.74 Å². The highest BCUT2D eigenvalue weighted by Gasteiger charge is 2.08. The molecule has 3 aromatic rings. The summed E-state index contributed by atoms with van der Waals surface area (Å²) < 4.78 is 20.3. The predicted molar refractivity (Wildman–Crippen MR) is 87.4 cm³/mol. The average molecular weight is 366 g/mol. The molecule has 0 fully saturated rings. The van der Waals surface area contributed by atoms with Crippen molar-refractivity contribution in [3.63, 3.8) is 0 Å². The summed E-state index contributed by atoms with van der Waals surface area (Å²) in [5.74, 6) is 0.403. The highest BCUT2D eigenvalue weighted by molar-refractivity contribution is 9.10. The van der Waals surface area contributed by atoms with Gasteiger partial charge in [-0.25, -0.2) is 4.39 Å². The zero-order valence-corrected chi connectivity index (χ0v) is 13.3. The molecule has 106 valence electrons. The Morgan fingerprint density at radius 3 is 2.52 bits per heavy atom. The predicted octanol–water partition coefficient (Wildman–Crippen LogP) is 5.97. The summed E-state index contributed by atoms with van der Waals surface area (Å²) in [5.41, 5.74) is 0.511. The lowest BCUT2D eigenvalue weighted by atomic mass is 10.1.